The highest BCUT2D eigenvalue weighted by Gasteiger charge is 2.41. The number of hydrogen-bond acceptors (Lipinski definition) is 3. The van der Waals surface area contributed by atoms with Crippen molar-refractivity contribution in [2.75, 3.05) is 16.8 Å². The molecule has 36 heavy (non-hydrogen) atoms. The van der Waals surface area contributed by atoms with Crippen LogP contribution in [0.3, 0.4) is 0 Å². The van der Waals surface area contributed by atoms with Gasteiger partial charge in [-0.1, -0.05) is 24.3 Å². The molecule has 2 aromatic heterocycles. The van der Waals surface area contributed by atoms with E-state index in [4.69, 9.17) is 4.42 Å². The zero-order valence-electron chi connectivity index (χ0n) is 20.3. The molecule has 1 aliphatic carbocycles. The van der Waals surface area contributed by atoms with Gasteiger partial charge in [0.25, 0.3) is 0 Å². The molecule has 2 aromatic carbocycles. The average Bonchev–Trinajstić information content (AvgIpc) is 3.35. The standard InChI is InChI=1S/C29H28N4O3/c1-19-8-5-9-22(20(19)2)30-29(35)32(21-14-15-21)18-27(34)33-24-11-4-3-10-23(24)31-16-6-12-25(31)28(33)26-13-7-17-36-26/h3-13,16-17,21,28H,14-15,18H2,1-2H3,(H,30,35). The summed E-state index contributed by atoms with van der Waals surface area (Å²) in [4.78, 5) is 30.9. The molecule has 0 bridgehead atoms. The van der Waals surface area contributed by atoms with Crippen LogP contribution in [0.1, 0.15) is 41.5 Å². The van der Waals surface area contributed by atoms with Crippen molar-refractivity contribution in [3.05, 3.63) is 102 Å². The first-order valence-electron chi connectivity index (χ1n) is 12.3. The van der Waals surface area contributed by atoms with Crippen LogP contribution in [0.25, 0.3) is 5.69 Å². The van der Waals surface area contributed by atoms with Crippen molar-refractivity contribution in [2.24, 2.45) is 0 Å². The third-order valence-corrected chi connectivity index (χ3v) is 7.20. The highest BCUT2D eigenvalue weighted by molar-refractivity contribution is 6.01. The first-order valence-corrected chi connectivity index (χ1v) is 12.3. The number of para-hydroxylation sites is 2. The summed E-state index contributed by atoms with van der Waals surface area (Å²) in [6.45, 7) is 3.99. The van der Waals surface area contributed by atoms with Gasteiger partial charge in [-0.15, -0.1) is 0 Å². The van der Waals surface area contributed by atoms with Gasteiger partial charge in [0.15, 0.2) is 0 Å². The largest absolute Gasteiger partial charge is 0.467 e. The topological polar surface area (TPSA) is 70.7 Å². The van der Waals surface area contributed by atoms with Gasteiger partial charge in [-0.3, -0.25) is 9.69 Å². The van der Waals surface area contributed by atoms with Crippen LogP contribution >= 0.6 is 0 Å². The Bertz CT molecular complexity index is 1430. The number of aryl methyl sites for hydroxylation is 1. The van der Waals surface area contributed by atoms with E-state index in [0.717, 1.165) is 46.7 Å². The lowest BCUT2D eigenvalue weighted by atomic mass is 10.0. The van der Waals surface area contributed by atoms with Crippen LogP contribution in [0.5, 0.6) is 0 Å². The third-order valence-electron chi connectivity index (χ3n) is 7.20. The zero-order valence-corrected chi connectivity index (χ0v) is 20.3. The van der Waals surface area contributed by atoms with Crippen LogP contribution in [0, 0.1) is 13.8 Å². The van der Waals surface area contributed by atoms with Gasteiger partial charge < -0.3 is 19.2 Å². The van der Waals surface area contributed by atoms with Crippen molar-refractivity contribution in [1.29, 1.82) is 0 Å². The molecule has 1 atom stereocenters. The van der Waals surface area contributed by atoms with E-state index < -0.39 is 6.04 Å². The number of rotatable bonds is 5. The molecule has 3 amide bonds. The van der Waals surface area contributed by atoms with E-state index in [1.807, 2.05) is 86.8 Å². The van der Waals surface area contributed by atoms with Crippen molar-refractivity contribution in [1.82, 2.24) is 9.47 Å². The normalized spacial score (nSPS) is 16.3. The molecule has 182 valence electrons. The summed E-state index contributed by atoms with van der Waals surface area (Å²) in [5, 5.41) is 3.04. The maximum atomic E-state index is 14.1. The molecule has 1 N–H and O–H groups in total. The van der Waals surface area contributed by atoms with Crippen LogP contribution < -0.4 is 10.2 Å². The van der Waals surface area contributed by atoms with E-state index >= 15 is 0 Å². The minimum absolute atomic E-state index is 0.0202. The maximum absolute atomic E-state index is 14.1. The zero-order chi connectivity index (χ0) is 24.8. The molecule has 6 rings (SSSR count). The van der Waals surface area contributed by atoms with Crippen molar-refractivity contribution in [3.8, 4) is 5.69 Å². The second-order valence-corrected chi connectivity index (χ2v) is 9.51. The number of benzene rings is 2. The monoisotopic (exact) mass is 480 g/mol. The minimum atomic E-state index is -0.430. The molecular formula is C29H28N4O3. The van der Waals surface area contributed by atoms with Gasteiger partial charge >= 0.3 is 6.03 Å². The molecular weight excluding hydrogens is 452 g/mol. The number of urea groups is 1. The second kappa shape index (κ2) is 8.75. The van der Waals surface area contributed by atoms with Gasteiger partial charge in [-0.05, 0) is 80.3 Å². The number of fused-ring (bicyclic) bond motifs is 3. The molecule has 1 unspecified atom stereocenters. The van der Waals surface area contributed by atoms with E-state index in [2.05, 4.69) is 9.88 Å². The molecule has 1 fully saturated rings. The molecule has 3 heterocycles. The molecule has 7 nitrogen and oxygen atoms in total. The molecule has 0 radical (unpaired) electrons. The van der Waals surface area contributed by atoms with Gasteiger partial charge in [0, 0.05) is 17.9 Å². The lowest BCUT2D eigenvalue weighted by Crippen LogP contribution is -2.48. The smallest absolute Gasteiger partial charge is 0.322 e. The first kappa shape index (κ1) is 22.2. The number of aromatic nitrogens is 1. The highest BCUT2D eigenvalue weighted by atomic mass is 16.3. The molecule has 7 heteroatoms. The molecule has 0 saturated heterocycles. The van der Waals surface area contributed by atoms with E-state index in [1.165, 1.54) is 0 Å². The lowest BCUT2D eigenvalue weighted by molar-refractivity contribution is -0.119. The number of furan rings is 1. The van der Waals surface area contributed by atoms with Crippen molar-refractivity contribution >= 4 is 23.3 Å². The molecule has 0 spiro atoms. The summed E-state index contributed by atoms with van der Waals surface area (Å²) < 4.78 is 7.91. The number of hydrogen-bond donors (Lipinski definition) is 1. The third kappa shape index (κ3) is 3.77. The first-order chi connectivity index (χ1) is 17.5. The van der Waals surface area contributed by atoms with Gasteiger partial charge in [-0.25, -0.2) is 4.79 Å². The van der Waals surface area contributed by atoms with Crippen LogP contribution in [-0.4, -0.2) is 34.0 Å². The van der Waals surface area contributed by atoms with Gasteiger partial charge in [0.05, 0.1) is 23.3 Å². The lowest BCUT2D eigenvalue weighted by Gasteiger charge is -2.38. The van der Waals surface area contributed by atoms with Crippen LogP contribution in [0.2, 0.25) is 0 Å². The van der Waals surface area contributed by atoms with Crippen LogP contribution in [0.15, 0.2) is 83.6 Å². The Morgan fingerprint density at radius 1 is 0.972 bits per heavy atom. The molecule has 4 aromatic rings. The number of nitrogens with zero attached hydrogens (tertiary/aromatic N) is 3. The number of nitrogens with one attached hydrogen (secondary N) is 1. The molecule has 1 saturated carbocycles. The predicted octanol–water partition coefficient (Wildman–Crippen LogP) is 5.82. The summed E-state index contributed by atoms with van der Waals surface area (Å²) >= 11 is 0. The van der Waals surface area contributed by atoms with Crippen LogP contribution in [-0.2, 0) is 4.79 Å². The number of anilines is 2. The van der Waals surface area contributed by atoms with Gasteiger partial charge in [0.2, 0.25) is 5.91 Å². The maximum Gasteiger partial charge on any atom is 0.322 e. The van der Waals surface area contributed by atoms with Crippen molar-refractivity contribution in [3.63, 3.8) is 0 Å². The Hall–Kier alpha value is -4.26. The van der Waals surface area contributed by atoms with Crippen LogP contribution in [0.4, 0.5) is 16.2 Å². The van der Waals surface area contributed by atoms with Gasteiger partial charge in [-0.2, -0.15) is 0 Å². The summed E-state index contributed by atoms with van der Waals surface area (Å²) in [5.41, 5.74) is 5.56. The Labute approximate surface area is 209 Å². The van der Waals surface area contributed by atoms with Crippen molar-refractivity contribution in [2.45, 2.75) is 38.8 Å². The Kier molecular flexibility index (Phi) is 5.40. The fraction of sp³-hybridized carbons (Fsp3) is 0.241. The number of carbonyl (C=O) groups is 2. The number of amides is 3. The molecule has 1 aliphatic heterocycles. The van der Waals surface area contributed by atoms with E-state index in [1.54, 1.807) is 16.1 Å². The second-order valence-electron chi connectivity index (χ2n) is 9.51. The van der Waals surface area contributed by atoms with E-state index in [0.29, 0.717) is 5.76 Å². The van der Waals surface area contributed by atoms with E-state index in [9.17, 15) is 9.59 Å². The Balaban J connectivity index is 1.34. The summed E-state index contributed by atoms with van der Waals surface area (Å²) in [6.07, 6.45) is 5.42. The number of carbonyl (C=O) groups excluding carboxylic acids is 2. The predicted molar refractivity (Wildman–Crippen MR) is 138 cm³/mol. The highest BCUT2D eigenvalue weighted by Crippen LogP contribution is 2.42. The van der Waals surface area contributed by atoms with Gasteiger partial charge in [0.1, 0.15) is 18.3 Å². The fourth-order valence-corrected chi connectivity index (χ4v) is 5.03. The minimum Gasteiger partial charge on any atom is -0.467 e. The fourth-order valence-electron chi connectivity index (χ4n) is 5.03. The van der Waals surface area contributed by atoms with Crippen molar-refractivity contribution < 1.29 is 14.0 Å². The Morgan fingerprint density at radius 2 is 1.78 bits per heavy atom. The summed E-state index contributed by atoms with van der Waals surface area (Å²) in [6, 6.07) is 20.8. The summed E-state index contributed by atoms with van der Waals surface area (Å²) in [5.74, 6) is 0.523. The quantitative estimate of drug-likeness (QED) is 0.391. The molecule has 2 aliphatic rings. The summed E-state index contributed by atoms with van der Waals surface area (Å²) in [7, 11) is 0. The average molecular weight is 481 g/mol. The van der Waals surface area contributed by atoms with E-state index in [-0.39, 0.29) is 24.5 Å². The Morgan fingerprint density at radius 3 is 2.53 bits per heavy atom. The SMILES string of the molecule is Cc1cccc(NC(=O)N(CC(=O)N2c3ccccc3-n3cccc3C2c2ccco2)C2CC2)c1C.